The van der Waals surface area contributed by atoms with Gasteiger partial charge in [-0.3, -0.25) is 8.97 Å². The van der Waals surface area contributed by atoms with E-state index < -0.39 is 16.1 Å². The lowest BCUT2D eigenvalue weighted by Gasteiger charge is -2.40. The average molecular weight is 931 g/mol. The van der Waals surface area contributed by atoms with Crippen LogP contribution < -0.4 is 41.5 Å². The molecule has 4 aromatic heterocycles. The Balaban J connectivity index is 1.08. The molecule has 0 radical (unpaired) electrons. The first-order valence-electron chi connectivity index (χ1n) is 23.6. The quantitative estimate of drug-likeness (QED) is 0.0909. The number of rotatable bonds is 7. The lowest BCUT2D eigenvalue weighted by Crippen LogP contribution is -2.76. The van der Waals surface area contributed by atoms with Crippen LogP contribution in [0.25, 0.3) is 54.9 Å². The molecule has 0 bridgehead atoms. The standard InChI is InChI=1S/C62H42N4SSi2/c1-5-20-44(21-6-1)68(45-22-7-2-8-23-45,49-34-35-50-51-29-13-14-31-54(51)65-40-39-64-61(65)53(50)42-49)48-28-17-19-43(41-48)66-55-36-37-57-60(59(55)52-30-18-38-63-62(52)66)69(46-24-9-3-10-25-46,47-26-11-4-12-27-47)58-33-16-15-32-56(58)67-57/h1-42H. The maximum absolute atomic E-state index is 5.30. The topological polar surface area (TPSA) is 35.1 Å². The van der Waals surface area contributed by atoms with E-state index in [0.29, 0.717) is 0 Å². The molecule has 7 heteroatoms. The number of imidazole rings is 1. The summed E-state index contributed by atoms with van der Waals surface area (Å²) < 4.78 is 4.69. The van der Waals surface area contributed by atoms with Gasteiger partial charge < -0.3 is 0 Å². The fraction of sp³-hybridized carbons (Fsp3) is 0. The maximum Gasteiger partial charge on any atom is 0.182 e. The van der Waals surface area contributed by atoms with Crippen molar-refractivity contribution in [3.05, 3.63) is 255 Å². The van der Waals surface area contributed by atoms with E-state index in [0.717, 1.165) is 33.4 Å². The largest absolute Gasteiger partial charge is 0.299 e. The summed E-state index contributed by atoms with van der Waals surface area (Å²) in [6.07, 6.45) is 5.98. The minimum atomic E-state index is -3.07. The van der Waals surface area contributed by atoms with Gasteiger partial charge in [-0.15, -0.1) is 0 Å². The zero-order valence-corrected chi connectivity index (χ0v) is 40.3. The summed E-state index contributed by atoms with van der Waals surface area (Å²) in [6.45, 7) is 0. The molecule has 1 aliphatic heterocycles. The molecule has 0 saturated carbocycles. The number of benzene rings is 9. The molecule has 0 aliphatic carbocycles. The first-order valence-corrected chi connectivity index (χ1v) is 28.4. The van der Waals surface area contributed by atoms with Gasteiger partial charge in [0.1, 0.15) is 11.3 Å². The van der Waals surface area contributed by atoms with Crippen molar-refractivity contribution in [2.45, 2.75) is 9.79 Å². The Bertz CT molecular complexity index is 4040. The van der Waals surface area contributed by atoms with Crippen molar-refractivity contribution in [2.75, 3.05) is 0 Å². The molecular weight excluding hydrogens is 889 g/mol. The molecule has 69 heavy (non-hydrogen) atoms. The highest BCUT2D eigenvalue weighted by atomic mass is 32.2. The Hall–Kier alpha value is -8.08. The van der Waals surface area contributed by atoms with Gasteiger partial charge in [-0.25, -0.2) is 9.97 Å². The van der Waals surface area contributed by atoms with E-state index >= 15 is 0 Å². The molecule has 4 nitrogen and oxygen atoms in total. The first-order chi connectivity index (χ1) is 34.2. The van der Waals surface area contributed by atoms with Crippen LogP contribution in [0.3, 0.4) is 0 Å². The van der Waals surface area contributed by atoms with E-state index in [1.807, 2.05) is 24.2 Å². The zero-order valence-electron chi connectivity index (χ0n) is 37.4. The third kappa shape index (κ3) is 5.75. The third-order valence-electron chi connectivity index (χ3n) is 14.7. The maximum atomic E-state index is 5.30. The molecule has 0 fully saturated rings. The number of para-hydroxylation sites is 1. The number of fused-ring (bicyclic) bond motifs is 12. The summed E-state index contributed by atoms with van der Waals surface area (Å²) in [7, 11) is -6.01. The summed E-state index contributed by atoms with van der Waals surface area (Å²) in [6, 6.07) is 88.8. The SMILES string of the molecule is c1ccc([Si](c2ccccc2)(c2cccc(-n3c4ccc5c(c4c4cccnc43)[Si](c3ccccc3)(c3ccccc3)c3ccccc3S5)c2)c2ccc3c4ccccc4n4ccnc4c3c2)cc1. The summed E-state index contributed by atoms with van der Waals surface area (Å²) in [5.41, 5.74) is 5.33. The number of nitrogens with zero attached hydrogens (tertiary/aromatic N) is 4. The van der Waals surface area contributed by atoms with Gasteiger partial charge in [-0.1, -0.05) is 200 Å². The fourth-order valence-corrected chi connectivity index (χ4v) is 23.9. The van der Waals surface area contributed by atoms with Crippen LogP contribution in [0.4, 0.5) is 0 Å². The molecule has 0 spiro atoms. The minimum absolute atomic E-state index is 0.955. The number of pyridine rings is 2. The average Bonchev–Trinajstić information content (AvgIpc) is 4.06. The van der Waals surface area contributed by atoms with Crippen LogP contribution in [-0.4, -0.2) is 35.1 Å². The zero-order chi connectivity index (χ0) is 45.5. The second-order valence-electron chi connectivity index (χ2n) is 18.1. The summed E-state index contributed by atoms with van der Waals surface area (Å²) in [4.78, 5) is 13.0. The first kappa shape index (κ1) is 40.0. The molecule has 9 aromatic carbocycles. The lowest BCUT2D eigenvalue weighted by molar-refractivity contribution is 1.14. The Morgan fingerprint density at radius 3 is 1.78 bits per heavy atom. The van der Waals surface area contributed by atoms with E-state index in [4.69, 9.17) is 9.97 Å². The van der Waals surface area contributed by atoms with Gasteiger partial charge in [-0.05, 0) is 95.4 Å². The Kier molecular flexibility index (Phi) is 9.14. The van der Waals surface area contributed by atoms with Crippen LogP contribution in [0.15, 0.2) is 265 Å². The highest BCUT2D eigenvalue weighted by molar-refractivity contribution is 8.00. The van der Waals surface area contributed by atoms with Gasteiger partial charge in [0.05, 0.1) is 11.0 Å². The monoisotopic (exact) mass is 930 g/mol. The summed E-state index contributed by atoms with van der Waals surface area (Å²) in [5.74, 6) is 0. The van der Waals surface area contributed by atoms with Crippen molar-refractivity contribution >= 4 is 119 Å². The molecule has 13 aromatic rings. The normalized spacial score (nSPS) is 13.3. The van der Waals surface area contributed by atoms with Gasteiger partial charge in [0.25, 0.3) is 0 Å². The van der Waals surface area contributed by atoms with E-state index in [9.17, 15) is 0 Å². The molecular formula is C62H42N4SSi2. The van der Waals surface area contributed by atoms with Crippen LogP contribution in [0.5, 0.6) is 0 Å². The van der Waals surface area contributed by atoms with Crippen molar-refractivity contribution in [1.29, 1.82) is 0 Å². The van der Waals surface area contributed by atoms with E-state index in [-0.39, 0.29) is 0 Å². The van der Waals surface area contributed by atoms with Crippen LogP contribution in [0, 0.1) is 0 Å². The molecule has 0 atom stereocenters. The Morgan fingerprint density at radius 2 is 1.03 bits per heavy atom. The van der Waals surface area contributed by atoms with E-state index in [1.54, 1.807) is 0 Å². The molecule has 5 heterocycles. The molecule has 0 saturated heterocycles. The van der Waals surface area contributed by atoms with Gasteiger partial charge in [-0.2, -0.15) is 0 Å². The van der Waals surface area contributed by atoms with Crippen LogP contribution in [0.1, 0.15) is 0 Å². The van der Waals surface area contributed by atoms with Gasteiger partial charge in [0.2, 0.25) is 0 Å². The number of hydrogen-bond acceptors (Lipinski definition) is 3. The molecule has 0 amide bonds. The predicted molar refractivity (Wildman–Crippen MR) is 294 cm³/mol. The highest BCUT2D eigenvalue weighted by Crippen LogP contribution is 2.40. The molecule has 0 N–H and O–H groups in total. The van der Waals surface area contributed by atoms with Crippen molar-refractivity contribution in [1.82, 2.24) is 18.9 Å². The number of aromatic nitrogens is 4. The van der Waals surface area contributed by atoms with Crippen LogP contribution in [0.2, 0.25) is 0 Å². The number of hydrogen-bond donors (Lipinski definition) is 0. The van der Waals surface area contributed by atoms with Gasteiger partial charge in [0.15, 0.2) is 16.1 Å². The molecule has 1 aliphatic rings. The Morgan fingerprint density at radius 1 is 0.406 bits per heavy atom. The third-order valence-corrected chi connectivity index (χ3v) is 25.9. The fourth-order valence-electron chi connectivity index (χ4n) is 12.0. The summed E-state index contributed by atoms with van der Waals surface area (Å²) in [5, 5.41) is 16.9. The van der Waals surface area contributed by atoms with Gasteiger partial charge in [0, 0.05) is 55.6 Å². The second kappa shape index (κ2) is 15.8. The molecule has 14 rings (SSSR count). The lowest BCUT2D eigenvalue weighted by atomic mass is 10.1. The smallest absolute Gasteiger partial charge is 0.182 e. The second-order valence-corrected chi connectivity index (χ2v) is 26.6. The molecule has 324 valence electrons. The Labute approximate surface area is 405 Å². The van der Waals surface area contributed by atoms with E-state index in [2.05, 4.69) is 252 Å². The van der Waals surface area contributed by atoms with Crippen LogP contribution >= 0.6 is 11.8 Å². The van der Waals surface area contributed by atoms with Crippen molar-refractivity contribution in [3.8, 4) is 5.69 Å². The van der Waals surface area contributed by atoms with Crippen molar-refractivity contribution < 1.29 is 0 Å². The van der Waals surface area contributed by atoms with Gasteiger partial charge >= 0.3 is 0 Å². The van der Waals surface area contributed by atoms with E-state index in [1.165, 1.54) is 72.8 Å². The highest BCUT2D eigenvalue weighted by Gasteiger charge is 2.49. The van der Waals surface area contributed by atoms with Crippen molar-refractivity contribution in [3.63, 3.8) is 0 Å². The molecule has 0 unspecified atom stereocenters. The minimum Gasteiger partial charge on any atom is -0.299 e. The van der Waals surface area contributed by atoms with Crippen molar-refractivity contribution in [2.24, 2.45) is 0 Å². The summed E-state index contributed by atoms with van der Waals surface area (Å²) >= 11 is 1.91. The predicted octanol–water partition coefficient (Wildman–Crippen LogP) is 9.35. The van der Waals surface area contributed by atoms with Crippen LogP contribution in [-0.2, 0) is 0 Å².